The molecule has 2 fully saturated rings. The van der Waals surface area contributed by atoms with Gasteiger partial charge in [-0.25, -0.2) is 0 Å². The lowest BCUT2D eigenvalue weighted by molar-refractivity contribution is -0.148. The number of carbonyl (C=O) groups is 2. The van der Waals surface area contributed by atoms with E-state index < -0.39 is 17.8 Å². The fourth-order valence-electron chi connectivity index (χ4n) is 4.22. The van der Waals surface area contributed by atoms with E-state index in [1.165, 1.54) is 0 Å². The molecule has 4 atom stereocenters. The monoisotopic (exact) mass is 303 g/mol. The van der Waals surface area contributed by atoms with Gasteiger partial charge in [-0.05, 0) is 43.2 Å². The van der Waals surface area contributed by atoms with Crippen molar-refractivity contribution in [1.82, 2.24) is 0 Å². The first-order valence-electron chi connectivity index (χ1n) is 7.57. The van der Waals surface area contributed by atoms with Crippen LogP contribution in [0.2, 0.25) is 0 Å². The normalized spacial score (nSPS) is 31.3. The minimum atomic E-state index is -0.849. The van der Waals surface area contributed by atoms with Gasteiger partial charge in [0.1, 0.15) is 0 Å². The summed E-state index contributed by atoms with van der Waals surface area (Å²) in [4.78, 5) is 24.1. The molecule has 4 unspecified atom stereocenters. The first kappa shape index (κ1) is 13.4. The van der Waals surface area contributed by atoms with E-state index in [-0.39, 0.29) is 24.5 Å². The number of amides is 1. The van der Waals surface area contributed by atoms with Crippen LogP contribution in [0.3, 0.4) is 0 Å². The van der Waals surface area contributed by atoms with E-state index in [2.05, 4.69) is 5.32 Å². The summed E-state index contributed by atoms with van der Waals surface area (Å²) in [5.41, 5.74) is 0.612. The van der Waals surface area contributed by atoms with Crippen molar-refractivity contribution in [3.05, 3.63) is 18.2 Å². The number of nitrogens with one attached hydrogen (secondary N) is 1. The number of hydrogen-bond acceptors (Lipinski definition) is 4. The van der Waals surface area contributed by atoms with E-state index in [4.69, 9.17) is 9.47 Å². The Morgan fingerprint density at radius 2 is 1.82 bits per heavy atom. The van der Waals surface area contributed by atoms with Gasteiger partial charge >= 0.3 is 5.97 Å². The molecule has 0 saturated heterocycles. The molecule has 6 nitrogen and oxygen atoms in total. The highest BCUT2D eigenvalue weighted by Gasteiger charge is 2.53. The number of aliphatic carboxylic acids is 1. The average Bonchev–Trinajstić information content (AvgIpc) is 3.20. The van der Waals surface area contributed by atoms with E-state index >= 15 is 0 Å². The zero-order chi connectivity index (χ0) is 15.3. The smallest absolute Gasteiger partial charge is 0.307 e. The number of carboxylic acid groups (broad SMARTS) is 1. The molecule has 22 heavy (non-hydrogen) atoms. The predicted molar refractivity (Wildman–Crippen MR) is 76.6 cm³/mol. The Morgan fingerprint density at radius 1 is 1.09 bits per heavy atom. The van der Waals surface area contributed by atoms with Crippen LogP contribution < -0.4 is 14.8 Å². The molecule has 0 spiro atoms. The van der Waals surface area contributed by atoms with Crippen molar-refractivity contribution in [2.45, 2.75) is 19.3 Å². The third kappa shape index (κ3) is 2.01. The molecule has 3 aliphatic rings. The van der Waals surface area contributed by atoms with Crippen LogP contribution in [0.4, 0.5) is 5.69 Å². The number of hydrogen-bond donors (Lipinski definition) is 2. The van der Waals surface area contributed by atoms with Crippen molar-refractivity contribution >= 4 is 17.6 Å². The van der Waals surface area contributed by atoms with E-state index in [1.54, 1.807) is 18.2 Å². The van der Waals surface area contributed by atoms with Crippen molar-refractivity contribution in [2.24, 2.45) is 23.7 Å². The summed E-state index contributed by atoms with van der Waals surface area (Å²) in [5, 5.41) is 12.3. The molecule has 0 radical (unpaired) electrons. The highest BCUT2D eigenvalue weighted by molar-refractivity contribution is 5.96. The minimum Gasteiger partial charge on any atom is -0.481 e. The van der Waals surface area contributed by atoms with E-state index in [1.807, 2.05) is 0 Å². The van der Waals surface area contributed by atoms with Crippen molar-refractivity contribution in [2.75, 3.05) is 12.1 Å². The van der Waals surface area contributed by atoms with Gasteiger partial charge in [-0.1, -0.05) is 0 Å². The SMILES string of the molecule is O=C(O)C1C2CCC(C2)C1C(=O)Nc1ccc2c(c1)OCO2. The van der Waals surface area contributed by atoms with Crippen molar-refractivity contribution < 1.29 is 24.2 Å². The summed E-state index contributed by atoms with van der Waals surface area (Å²) < 4.78 is 10.5. The first-order chi connectivity index (χ1) is 10.6. The summed E-state index contributed by atoms with van der Waals surface area (Å²) >= 11 is 0. The maximum absolute atomic E-state index is 12.6. The third-order valence-corrected chi connectivity index (χ3v) is 5.14. The summed E-state index contributed by atoms with van der Waals surface area (Å²) in [6, 6.07) is 5.20. The quantitative estimate of drug-likeness (QED) is 0.893. The molecule has 6 heteroatoms. The number of ether oxygens (including phenoxy) is 2. The van der Waals surface area contributed by atoms with Gasteiger partial charge < -0.3 is 19.9 Å². The zero-order valence-electron chi connectivity index (χ0n) is 12.0. The lowest BCUT2D eigenvalue weighted by atomic mass is 9.78. The Kier molecular flexibility index (Phi) is 2.99. The van der Waals surface area contributed by atoms with Crippen LogP contribution >= 0.6 is 0 Å². The highest BCUT2D eigenvalue weighted by atomic mass is 16.7. The second-order valence-electron chi connectivity index (χ2n) is 6.28. The molecule has 2 bridgehead atoms. The Labute approximate surface area is 127 Å². The van der Waals surface area contributed by atoms with Gasteiger partial charge in [0.25, 0.3) is 0 Å². The van der Waals surface area contributed by atoms with Crippen LogP contribution in [-0.2, 0) is 9.59 Å². The summed E-state index contributed by atoms with van der Waals surface area (Å²) in [6.07, 6.45) is 2.74. The second-order valence-corrected chi connectivity index (χ2v) is 6.28. The standard InChI is InChI=1S/C16H17NO5/c18-15(13-8-1-2-9(5-8)14(13)16(19)20)17-10-3-4-11-12(6-10)22-7-21-11/h3-4,6,8-9,13-14H,1-2,5,7H2,(H,17,18)(H,19,20). The van der Waals surface area contributed by atoms with Crippen LogP contribution in [0.15, 0.2) is 18.2 Å². The van der Waals surface area contributed by atoms with Crippen molar-refractivity contribution in [1.29, 1.82) is 0 Å². The van der Waals surface area contributed by atoms with Gasteiger partial charge in [0.15, 0.2) is 11.5 Å². The molecular weight excluding hydrogens is 286 g/mol. The summed E-state index contributed by atoms with van der Waals surface area (Å²) in [6.45, 7) is 0.181. The maximum atomic E-state index is 12.6. The van der Waals surface area contributed by atoms with Crippen LogP contribution in [0.1, 0.15) is 19.3 Å². The Bertz CT molecular complexity index is 643. The molecule has 2 N–H and O–H groups in total. The number of carboxylic acids is 1. The third-order valence-electron chi connectivity index (χ3n) is 5.14. The van der Waals surface area contributed by atoms with Gasteiger partial charge in [-0.15, -0.1) is 0 Å². The van der Waals surface area contributed by atoms with Crippen LogP contribution in [0, 0.1) is 23.7 Å². The molecule has 4 rings (SSSR count). The fraction of sp³-hybridized carbons (Fsp3) is 0.500. The average molecular weight is 303 g/mol. The molecule has 2 saturated carbocycles. The summed E-state index contributed by atoms with van der Waals surface area (Å²) in [5.74, 6) is -0.428. The van der Waals surface area contributed by atoms with Crippen molar-refractivity contribution in [3.8, 4) is 11.5 Å². The molecule has 1 aromatic rings. The lowest BCUT2D eigenvalue weighted by Gasteiger charge is -2.27. The van der Waals surface area contributed by atoms with Gasteiger partial charge in [0.05, 0.1) is 11.8 Å². The topological polar surface area (TPSA) is 84.9 Å². The molecule has 2 aliphatic carbocycles. The molecule has 1 aromatic carbocycles. The Balaban J connectivity index is 1.53. The Morgan fingerprint density at radius 3 is 2.59 bits per heavy atom. The molecule has 1 aliphatic heterocycles. The van der Waals surface area contributed by atoms with Gasteiger partial charge in [-0.2, -0.15) is 0 Å². The predicted octanol–water partition coefficient (Wildman–Crippen LogP) is 2.10. The fourth-order valence-corrected chi connectivity index (χ4v) is 4.22. The summed E-state index contributed by atoms with van der Waals surface area (Å²) in [7, 11) is 0. The second kappa shape index (κ2) is 4.90. The molecule has 1 amide bonds. The lowest BCUT2D eigenvalue weighted by Crippen LogP contribution is -2.37. The van der Waals surface area contributed by atoms with E-state index in [0.717, 1.165) is 19.3 Å². The first-order valence-corrected chi connectivity index (χ1v) is 7.57. The molecule has 0 aromatic heterocycles. The zero-order valence-corrected chi connectivity index (χ0v) is 12.0. The van der Waals surface area contributed by atoms with Gasteiger partial charge in [-0.3, -0.25) is 9.59 Å². The van der Waals surface area contributed by atoms with Crippen molar-refractivity contribution in [3.63, 3.8) is 0 Å². The van der Waals surface area contributed by atoms with Gasteiger partial charge in [0.2, 0.25) is 12.7 Å². The highest BCUT2D eigenvalue weighted by Crippen LogP contribution is 2.52. The van der Waals surface area contributed by atoms with Crippen LogP contribution in [0.5, 0.6) is 11.5 Å². The Hall–Kier alpha value is -2.24. The minimum absolute atomic E-state index is 0.148. The number of benzene rings is 1. The van der Waals surface area contributed by atoms with Gasteiger partial charge in [0, 0.05) is 11.8 Å². The van der Waals surface area contributed by atoms with E-state index in [0.29, 0.717) is 17.2 Å². The number of carbonyl (C=O) groups excluding carboxylic acids is 1. The van der Waals surface area contributed by atoms with E-state index in [9.17, 15) is 14.7 Å². The van der Waals surface area contributed by atoms with Crippen LogP contribution in [0.25, 0.3) is 0 Å². The number of rotatable bonds is 3. The number of fused-ring (bicyclic) bond motifs is 3. The molecule has 116 valence electrons. The van der Waals surface area contributed by atoms with Crippen LogP contribution in [-0.4, -0.2) is 23.8 Å². The maximum Gasteiger partial charge on any atom is 0.307 e. The molecule has 1 heterocycles. The largest absolute Gasteiger partial charge is 0.481 e. The molecular formula is C16H17NO5. The number of anilines is 1.